The highest BCUT2D eigenvalue weighted by Gasteiger charge is 2.32. The number of halogens is 2. The molecular weight excluding hydrogens is 382 g/mol. The van der Waals surface area contributed by atoms with E-state index in [-0.39, 0.29) is 12.4 Å². The Morgan fingerprint density at radius 1 is 1.31 bits per heavy atom. The van der Waals surface area contributed by atoms with Gasteiger partial charge in [-0.25, -0.2) is 23.6 Å². The Morgan fingerprint density at radius 2 is 2.10 bits per heavy atom. The van der Waals surface area contributed by atoms with Gasteiger partial charge in [0.15, 0.2) is 6.23 Å². The average Bonchev–Trinajstić information content (AvgIpc) is 3.26. The summed E-state index contributed by atoms with van der Waals surface area (Å²) in [7, 11) is 0. The second-order valence-electron chi connectivity index (χ2n) is 6.72. The van der Waals surface area contributed by atoms with Gasteiger partial charge in [-0.15, -0.1) is 0 Å². The number of carbonyl (C=O) groups excluding carboxylic acids is 1. The number of aliphatic imine (C=N–C) groups is 2. The maximum atomic E-state index is 13.4. The summed E-state index contributed by atoms with van der Waals surface area (Å²) in [6.45, 7) is 4.50. The molecule has 2 aliphatic heterocycles. The topological polar surface area (TPSA) is 92.9 Å². The molecule has 8 nitrogen and oxygen atoms in total. The summed E-state index contributed by atoms with van der Waals surface area (Å²) in [5.74, 6) is -0.455. The zero-order valence-corrected chi connectivity index (χ0v) is 15.9. The van der Waals surface area contributed by atoms with Crippen LogP contribution in [0.3, 0.4) is 0 Å². The number of aromatic nitrogens is 2. The number of fused-ring (bicyclic) bond motifs is 1. The molecule has 0 saturated heterocycles. The minimum Gasteiger partial charge on any atom is -0.437 e. The van der Waals surface area contributed by atoms with Crippen molar-refractivity contribution in [2.75, 3.05) is 0 Å². The molecule has 2 atom stereocenters. The number of guanidine groups is 1. The lowest BCUT2D eigenvalue weighted by Crippen LogP contribution is -2.42. The smallest absolute Gasteiger partial charge is 0.340 e. The molecule has 29 heavy (non-hydrogen) atoms. The number of ether oxygens (including phenoxy) is 1. The molecule has 10 heteroatoms. The molecular formula is C19H20F2N6O2. The summed E-state index contributed by atoms with van der Waals surface area (Å²) < 4.78 is 33.9. The van der Waals surface area contributed by atoms with Gasteiger partial charge in [-0.2, -0.15) is 10.5 Å². The first kappa shape index (κ1) is 19.2. The Morgan fingerprint density at radius 3 is 2.83 bits per heavy atom. The van der Waals surface area contributed by atoms with E-state index in [2.05, 4.69) is 25.9 Å². The zero-order valence-electron chi connectivity index (χ0n) is 15.9. The molecule has 0 unspecified atom stereocenters. The van der Waals surface area contributed by atoms with Gasteiger partial charge in [0.2, 0.25) is 5.96 Å². The van der Waals surface area contributed by atoms with Crippen molar-refractivity contribution in [3.05, 3.63) is 52.8 Å². The summed E-state index contributed by atoms with van der Waals surface area (Å²) in [4.78, 5) is 20.3. The van der Waals surface area contributed by atoms with Crippen molar-refractivity contribution in [1.29, 1.82) is 0 Å². The number of alkyl halides is 2. The first-order valence-corrected chi connectivity index (χ1v) is 9.25. The molecule has 2 N–H and O–H groups in total. The highest BCUT2D eigenvalue weighted by molar-refractivity contribution is 6.09. The van der Waals surface area contributed by atoms with Crippen LogP contribution in [0, 0.1) is 6.92 Å². The van der Waals surface area contributed by atoms with Gasteiger partial charge >= 0.3 is 5.97 Å². The molecule has 2 aromatic rings. The minimum atomic E-state index is -2.64. The zero-order chi connectivity index (χ0) is 20.5. The van der Waals surface area contributed by atoms with Crippen molar-refractivity contribution in [3.8, 4) is 0 Å². The summed E-state index contributed by atoms with van der Waals surface area (Å²) in [6.07, 6.45) is -1.76. The maximum absolute atomic E-state index is 13.4. The molecule has 4 rings (SSSR count). The first-order valence-electron chi connectivity index (χ1n) is 9.25. The fraction of sp³-hybridized carbons (Fsp3) is 0.368. The number of esters is 1. The lowest BCUT2D eigenvalue weighted by Gasteiger charge is -2.21. The quantitative estimate of drug-likeness (QED) is 0.592. The molecule has 3 heterocycles. The van der Waals surface area contributed by atoms with Gasteiger partial charge in [0.1, 0.15) is 6.04 Å². The third-order valence-electron chi connectivity index (χ3n) is 4.94. The van der Waals surface area contributed by atoms with Crippen molar-refractivity contribution < 1.29 is 18.3 Å². The molecule has 0 saturated carbocycles. The van der Waals surface area contributed by atoms with Crippen molar-refractivity contribution in [3.63, 3.8) is 0 Å². The number of cyclic esters (lactones) is 1. The Bertz CT molecular complexity index is 1000. The predicted molar refractivity (Wildman–Crippen MR) is 102 cm³/mol. The molecule has 1 aromatic carbocycles. The number of benzene rings is 1. The number of hydrazine groups is 1. The first-order chi connectivity index (χ1) is 14.0. The van der Waals surface area contributed by atoms with E-state index in [1.807, 2.05) is 13.8 Å². The van der Waals surface area contributed by atoms with Crippen LogP contribution >= 0.6 is 0 Å². The van der Waals surface area contributed by atoms with E-state index in [9.17, 15) is 13.6 Å². The Hall–Kier alpha value is -3.14. The number of carbonyl (C=O) groups is 1. The molecule has 0 aliphatic carbocycles. The van der Waals surface area contributed by atoms with Crippen molar-refractivity contribution in [2.45, 2.75) is 45.5 Å². The number of hydrogen-bond donors (Lipinski definition) is 2. The van der Waals surface area contributed by atoms with E-state index in [1.54, 1.807) is 35.1 Å². The molecule has 0 bridgehead atoms. The van der Waals surface area contributed by atoms with E-state index in [0.29, 0.717) is 28.9 Å². The molecule has 0 radical (unpaired) electrons. The van der Waals surface area contributed by atoms with Gasteiger partial charge in [-0.05, 0) is 19.9 Å². The van der Waals surface area contributed by atoms with E-state index in [1.165, 1.54) is 0 Å². The van der Waals surface area contributed by atoms with Gasteiger partial charge in [-0.1, -0.05) is 18.2 Å². The lowest BCUT2D eigenvalue weighted by atomic mass is 10.0. The van der Waals surface area contributed by atoms with Crippen molar-refractivity contribution >= 4 is 17.6 Å². The second-order valence-corrected chi connectivity index (χ2v) is 6.72. The number of hydrogen-bond acceptors (Lipinski definition) is 7. The van der Waals surface area contributed by atoms with E-state index in [0.717, 1.165) is 5.69 Å². The Kier molecular flexibility index (Phi) is 5.10. The van der Waals surface area contributed by atoms with Crippen LogP contribution < -0.4 is 10.9 Å². The normalized spacial score (nSPS) is 20.9. The van der Waals surface area contributed by atoms with Gasteiger partial charge in [-0.3, -0.25) is 10.1 Å². The van der Waals surface area contributed by atoms with Gasteiger partial charge in [0.05, 0.1) is 17.5 Å². The van der Waals surface area contributed by atoms with Crippen LogP contribution in [0.1, 0.15) is 46.8 Å². The van der Waals surface area contributed by atoms with Gasteiger partial charge in [0.25, 0.3) is 6.43 Å². The van der Waals surface area contributed by atoms with E-state index < -0.39 is 24.7 Å². The molecule has 0 fully saturated rings. The molecule has 0 amide bonds. The van der Waals surface area contributed by atoms with Crippen LogP contribution in [0.2, 0.25) is 0 Å². The standard InChI is InChI=1S/C19H20F2N6O2/c1-3-27-10(2)13(9-22-27)14-8-15(16(20)21)24-19(23-14)26-25-17-11-6-4-5-7-12(11)18(28)29-17/h4-7,9,15-17,25H,3,8H2,1-2H3,(H,24,26)/t15-,17-/m1/s1. The lowest BCUT2D eigenvalue weighted by molar-refractivity contribution is 0.0288. The summed E-state index contributed by atoms with van der Waals surface area (Å²) in [5, 5.41) is 4.26. The highest BCUT2D eigenvalue weighted by atomic mass is 19.3. The molecule has 152 valence electrons. The number of aryl methyl sites for hydroxylation is 1. The van der Waals surface area contributed by atoms with Crippen LogP contribution in [-0.4, -0.2) is 39.9 Å². The minimum absolute atomic E-state index is 0.000582. The Labute approximate surface area is 165 Å². The SMILES string of the molecule is CCn1ncc(C2=NC(NN[C@@H]3OC(=O)c4ccccc43)=N[C@@H](C(F)F)C2)c1C. The van der Waals surface area contributed by atoms with Crippen LogP contribution in [0.4, 0.5) is 8.78 Å². The molecule has 2 aliphatic rings. The summed E-state index contributed by atoms with van der Waals surface area (Å²) >= 11 is 0. The van der Waals surface area contributed by atoms with Crippen LogP contribution in [-0.2, 0) is 11.3 Å². The average molecular weight is 402 g/mol. The fourth-order valence-electron chi connectivity index (χ4n) is 3.41. The van der Waals surface area contributed by atoms with Crippen molar-refractivity contribution in [1.82, 2.24) is 20.6 Å². The highest BCUT2D eigenvalue weighted by Crippen LogP contribution is 2.28. The van der Waals surface area contributed by atoms with E-state index in [4.69, 9.17) is 4.74 Å². The van der Waals surface area contributed by atoms with Gasteiger partial charge in [0, 0.05) is 29.8 Å². The summed E-state index contributed by atoms with van der Waals surface area (Å²) in [5.41, 5.74) is 8.68. The van der Waals surface area contributed by atoms with Crippen LogP contribution in [0.5, 0.6) is 0 Å². The third-order valence-corrected chi connectivity index (χ3v) is 4.94. The van der Waals surface area contributed by atoms with Crippen LogP contribution in [0.25, 0.3) is 0 Å². The van der Waals surface area contributed by atoms with E-state index >= 15 is 0 Å². The van der Waals surface area contributed by atoms with Crippen molar-refractivity contribution in [2.24, 2.45) is 9.98 Å². The summed E-state index contributed by atoms with van der Waals surface area (Å²) in [6, 6.07) is 5.71. The Balaban J connectivity index is 1.56. The predicted octanol–water partition coefficient (Wildman–Crippen LogP) is 2.36. The fourth-order valence-corrected chi connectivity index (χ4v) is 3.41. The number of rotatable bonds is 5. The maximum Gasteiger partial charge on any atom is 0.340 e. The number of nitrogens with zero attached hydrogens (tertiary/aromatic N) is 4. The van der Waals surface area contributed by atoms with Crippen LogP contribution in [0.15, 0.2) is 40.4 Å². The molecule has 1 aromatic heterocycles. The largest absolute Gasteiger partial charge is 0.437 e. The molecule has 0 spiro atoms. The number of nitrogens with one attached hydrogen (secondary N) is 2. The van der Waals surface area contributed by atoms with Gasteiger partial charge < -0.3 is 4.74 Å². The third kappa shape index (κ3) is 3.63. The second kappa shape index (κ2) is 7.70. The monoisotopic (exact) mass is 402 g/mol.